The summed E-state index contributed by atoms with van der Waals surface area (Å²) in [5.74, 6) is 0.610. The number of aryl methyl sites for hydroxylation is 1. The summed E-state index contributed by atoms with van der Waals surface area (Å²) in [6, 6.07) is 9.55. The monoisotopic (exact) mass is 387 g/mol. The van der Waals surface area contributed by atoms with Crippen molar-refractivity contribution in [2.45, 2.75) is 26.2 Å². The van der Waals surface area contributed by atoms with Crippen molar-refractivity contribution in [1.82, 2.24) is 10.4 Å². The van der Waals surface area contributed by atoms with Crippen molar-refractivity contribution in [1.29, 1.82) is 0 Å². The van der Waals surface area contributed by atoms with Crippen molar-refractivity contribution in [3.05, 3.63) is 58.0 Å². The molecule has 0 atom stereocenters. The largest absolute Gasteiger partial charge is 0.460 e. The first-order valence-electron chi connectivity index (χ1n) is 7.86. The van der Waals surface area contributed by atoms with Crippen LogP contribution in [0.5, 0.6) is 0 Å². The molecule has 1 amide bonds. The molecule has 0 saturated carbocycles. The van der Waals surface area contributed by atoms with E-state index >= 15 is 0 Å². The van der Waals surface area contributed by atoms with E-state index < -0.39 is 0 Å². The van der Waals surface area contributed by atoms with Crippen LogP contribution in [0.1, 0.15) is 41.6 Å². The third kappa shape index (κ3) is 3.59. The molecule has 5 nitrogen and oxygen atoms in total. The second-order valence-corrected chi connectivity index (χ2v) is 6.39. The highest BCUT2D eigenvalue weighted by atomic mass is 79.9. The van der Waals surface area contributed by atoms with Gasteiger partial charge in [0.05, 0.1) is 6.21 Å². The maximum atomic E-state index is 12.0. The van der Waals surface area contributed by atoms with E-state index in [-0.39, 0.29) is 5.91 Å². The highest BCUT2D eigenvalue weighted by molar-refractivity contribution is 9.10. The number of benzene rings is 1. The van der Waals surface area contributed by atoms with Crippen molar-refractivity contribution >= 4 is 39.0 Å². The van der Waals surface area contributed by atoms with Gasteiger partial charge < -0.3 is 9.40 Å². The van der Waals surface area contributed by atoms with Crippen LogP contribution in [0.4, 0.5) is 0 Å². The van der Waals surface area contributed by atoms with Gasteiger partial charge in [0.1, 0.15) is 17.0 Å². The Balaban J connectivity index is 1.81. The molecular weight excluding hydrogens is 370 g/mol. The molecule has 2 aromatic heterocycles. The van der Waals surface area contributed by atoms with Crippen molar-refractivity contribution in [3.63, 3.8) is 0 Å². The minimum Gasteiger partial charge on any atom is -0.460 e. The molecule has 0 fully saturated rings. The highest BCUT2D eigenvalue weighted by Crippen LogP contribution is 2.25. The zero-order valence-corrected chi connectivity index (χ0v) is 14.9. The first-order valence-corrected chi connectivity index (χ1v) is 8.66. The van der Waals surface area contributed by atoms with E-state index in [1.54, 1.807) is 18.5 Å². The lowest BCUT2D eigenvalue weighted by Crippen LogP contribution is -2.17. The normalized spacial score (nSPS) is 11.4. The number of nitrogens with zero attached hydrogens (tertiary/aromatic N) is 1. The number of fused-ring (bicyclic) bond motifs is 1. The van der Waals surface area contributed by atoms with E-state index in [1.807, 2.05) is 24.3 Å². The number of hydrogen-bond acceptors (Lipinski definition) is 3. The number of para-hydroxylation sites is 1. The Morgan fingerprint density at radius 2 is 2.25 bits per heavy atom. The van der Waals surface area contributed by atoms with Crippen LogP contribution in [0.15, 0.2) is 50.5 Å². The molecule has 24 heavy (non-hydrogen) atoms. The Hall–Kier alpha value is -2.34. The first-order chi connectivity index (χ1) is 11.7. The second-order valence-electron chi connectivity index (χ2n) is 5.47. The van der Waals surface area contributed by atoms with Gasteiger partial charge in [-0.2, -0.15) is 5.10 Å². The number of hydrazone groups is 1. The minimum absolute atomic E-state index is 0.292. The number of amides is 1. The van der Waals surface area contributed by atoms with Crippen LogP contribution in [-0.4, -0.2) is 17.1 Å². The van der Waals surface area contributed by atoms with Crippen LogP contribution in [-0.2, 0) is 6.42 Å². The van der Waals surface area contributed by atoms with Gasteiger partial charge in [-0.3, -0.25) is 4.79 Å². The third-order valence-electron chi connectivity index (χ3n) is 3.72. The van der Waals surface area contributed by atoms with Gasteiger partial charge in [0, 0.05) is 28.0 Å². The van der Waals surface area contributed by atoms with Gasteiger partial charge in [-0.05, 0) is 34.5 Å². The molecule has 2 heterocycles. The van der Waals surface area contributed by atoms with E-state index in [0.29, 0.717) is 5.69 Å². The van der Waals surface area contributed by atoms with E-state index in [2.05, 4.69) is 38.4 Å². The number of hydrogen-bond donors (Lipinski definition) is 2. The topological polar surface area (TPSA) is 70.4 Å². The average molecular weight is 388 g/mol. The van der Waals surface area contributed by atoms with Gasteiger partial charge in [0.25, 0.3) is 5.91 Å². The summed E-state index contributed by atoms with van der Waals surface area (Å²) >= 11 is 3.30. The summed E-state index contributed by atoms with van der Waals surface area (Å²) in [6.07, 6.45) is 6.34. The number of unbranched alkanes of at least 4 members (excludes halogenated alkanes) is 1. The Labute approximate surface area is 148 Å². The molecule has 0 unspecified atom stereocenters. The maximum absolute atomic E-state index is 12.0. The number of carbonyl (C=O) groups is 1. The van der Waals surface area contributed by atoms with Gasteiger partial charge in [-0.25, -0.2) is 5.43 Å². The predicted octanol–water partition coefficient (Wildman–Crippen LogP) is 4.63. The molecule has 2 N–H and O–H groups in total. The summed E-state index contributed by atoms with van der Waals surface area (Å²) in [5.41, 5.74) is 4.74. The van der Waals surface area contributed by atoms with Gasteiger partial charge in [0.2, 0.25) is 0 Å². The average Bonchev–Trinajstić information content (AvgIpc) is 3.17. The molecule has 6 heteroatoms. The Morgan fingerprint density at radius 3 is 3.00 bits per heavy atom. The summed E-state index contributed by atoms with van der Waals surface area (Å²) in [7, 11) is 0. The quantitative estimate of drug-likeness (QED) is 0.478. The molecule has 1 aromatic carbocycles. The molecule has 124 valence electrons. The molecular formula is C18H18BrN3O2. The van der Waals surface area contributed by atoms with Crippen LogP contribution in [0, 0.1) is 0 Å². The Bertz CT molecular complexity index is 879. The third-order valence-corrected chi connectivity index (χ3v) is 4.18. The number of nitrogens with one attached hydrogen (secondary N) is 2. The lowest BCUT2D eigenvalue weighted by Gasteiger charge is -1.98. The van der Waals surface area contributed by atoms with E-state index in [1.165, 1.54) is 0 Å². The molecule has 3 rings (SSSR count). The van der Waals surface area contributed by atoms with Gasteiger partial charge in [-0.15, -0.1) is 0 Å². The summed E-state index contributed by atoms with van der Waals surface area (Å²) in [6.45, 7) is 2.14. The maximum Gasteiger partial charge on any atom is 0.287 e. The molecule has 0 bridgehead atoms. The highest BCUT2D eigenvalue weighted by Gasteiger charge is 2.12. The Morgan fingerprint density at radius 1 is 1.42 bits per heavy atom. The SMILES string of the molecule is CCCCc1oc2ccccc2c1/C=N\NC(=O)c1cc(Br)c[nH]1. The second kappa shape index (κ2) is 7.49. The summed E-state index contributed by atoms with van der Waals surface area (Å²) in [4.78, 5) is 14.9. The standard InChI is InChI=1S/C18H18BrN3O2/c1-2-3-7-17-14(13-6-4-5-8-16(13)24-17)11-21-22-18(23)15-9-12(19)10-20-15/h4-6,8-11,20H,2-3,7H2,1H3,(H,22,23)/b21-11-. The van der Waals surface area contributed by atoms with Gasteiger partial charge in [-0.1, -0.05) is 31.5 Å². The number of aromatic nitrogens is 1. The number of halogens is 1. The smallest absolute Gasteiger partial charge is 0.287 e. The number of rotatable bonds is 6. The number of aromatic amines is 1. The van der Waals surface area contributed by atoms with Crippen LogP contribution >= 0.6 is 15.9 Å². The summed E-state index contributed by atoms with van der Waals surface area (Å²) in [5, 5.41) is 5.10. The fraction of sp³-hybridized carbons (Fsp3) is 0.222. The van der Waals surface area contributed by atoms with Crippen LogP contribution in [0.2, 0.25) is 0 Å². The number of carbonyl (C=O) groups excluding carboxylic acids is 1. The van der Waals surface area contributed by atoms with Crippen LogP contribution in [0.3, 0.4) is 0 Å². The summed E-state index contributed by atoms with van der Waals surface area (Å²) < 4.78 is 6.75. The minimum atomic E-state index is -0.292. The zero-order chi connectivity index (χ0) is 16.9. The zero-order valence-electron chi connectivity index (χ0n) is 13.3. The molecule has 0 radical (unpaired) electrons. The Kier molecular flexibility index (Phi) is 5.15. The molecule has 0 aliphatic carbocycles. The fourth-order valence-electron chi connectivity index (χ4n) is 2.50. The van der Waals surface area contributed by atoms with Gasteiger partial charge in [0.15, 0.2) is 0 Å². The van der Waals surface area contributed by atoms with E-state index in [9.17, 15) is 4.79 Å². The van der Waals surface area contributed by atoms with Gasteiger partial charge >= 0.3 is 0 Å². The van der Waals surface area contributed by atoms with Crippen molar-refractivity contribution < 1.29 is 9.21 Å². The van der Waals surface area contributed by atoms with E-state index in [4.69, 9.17) is 4.42 Å². The van der Waals surface area contributed by atoms with Crippen LogP contribution < -0.4 is 5.43 Å². The number of H-pyrrole nitrogens is 1. The van der Waals surface area contributed by atoms with E-state index in [0.717, 1.165) is 46.0 Å². The fourth-order valence-corrected chi connectivity index (χ4v) is 2.84. The van der Waals surface area contributed by atoms with Crippen molar-refractivity contribution in [2.24, 2.45) is 5.10 Å². The molecule has 0 saturated heterocycles. The molecule has 3 aromatic rings. The van der Waals surface area contributed by atoms with Crippen molar-refractivity contribution in [2.75, 3.05) is 0 Å². The lowest BCUT2D eigenvalue weighted by atomic mass is 10.1. The van der Waals surface area contributed by atoms with Crippen molar-refractivity contribution in [3.8, 4) is 0 Å². The number of furan rings is 1. The molecule has 0 spiro atoms. The molecule has 0 aliphatic rings. The molecule has 0 aliphatic heterocycles. The first kappa shape index (κ1) is 16.5. The predicted molar refractivity (Wildman–Crippen MR) is 98.4 cm³/mol. The lowest BCUT2D eigenvalue weighted by molar-refractivity contribution is 0.0950. The van der Waals surface area contributed by atoms with Crippen LogP contribution in [0.25, 0.3) is 11.0 Å².